The normalized spacial score (nSPS) is 27.1. The third-order valence-corrected chi connectivity index (χ3v) is 8.19. The second kappa shape index (κ2) is 8.44. The van der Waals surface area contributed by atoms with Gasteiger partial charge < -0.3 is 15.0 Å². The van der Waals surface area contributed by atoms with Crippen LogP contribution in [0.15, 0.2) is 10.5 Å². The number of likely N-dealkylation sites (tertiary alicyclic amines) is 1. The highest BCUT2D eigenvalue weighted by atomic mass is 79.9. The van der Waals surface area contributed by atoms with E-state index >= 15 is 4.39 Å². The summed E-state index contributed by atoms with van der Waals surface area (Å²) in [5, 5.41) is 3.37. The summed E-state index contributed by atoms with van der Waals surface area (Å²) in [5.74, 6) is -0.805. The highest BCUT2D eigenvalue weighted by Gasteiger charge is 2.50. The van der Waals surface area contributed by atoms with Gasteiger partial charge in [0.2, 0.25) is 0 Å². The van der Waals surface area contributed by atoms with Crippen molar-refractivity contribution in [2.75, 3.05) is 38.2 Å². The predicted molar refractivity (Wildman–Crippen MR) is 125 cm³/mol. The number of rotatable bonds is 4. The van der Waals surface area contributed by atoms with E-state index in [1.54, 1.807) is 0 Å². The summed E-state index contributed by atoms with van der Waals surface area (Å²) in [6.07, 6.45) is -1.24. The zero-order chi connectivity index (χ0) is 24.4. The number of benzene rings is 1. The van der Waals surface area contributed by atoms with E-state index in [2.05, 4.69) is 43.2 Å². The van der Waals surface area contributed by atoms with Crippen LogP contribution in [0.25, 0.3) is 10.9 Å². The molecule has 1 aromatic carbocycles. The lowest BCUT2D eigenvalue weighted by atomic mass is 10.0. The molecule has 1 N–H and O–H groups in total. The topological polar surface area (TPSA) is 53.5 Å². The van der Waals surface area contributed by atoms with Crippen molar-refractivity contribution in [1.29, 1.82) is 0 Å². The lowest BCUT2D eigenvalue weighted by Crippen LogP contribution is -2.54. The Bertz CT molecular complexity index is 1110. The van der Waals surface area contributed by atoms with Gasteiger partial charge in [-0.25, -0.2) is 4.39 Å². The van der Waals surface area contributed by atoms with E-state index in [4.69, 9.17) is 4.74 Å². The Morgan fingerprint density at radius 2 is 2.00 bits per heavy atom. The molecule has 5 rings (SSSR count). The van der Waals surface area contributed by atoms with E-state index in [-0.39, 0.29) is 40.9 Å². The van der Waals surface area contributed by atoms with Crippen molar-refractivity contribution in [3.05, 3.63) is 21.9 Å². The van der Waals surface area contributed by atoms with Crippen molar-refractivity contribution >= 4 is 32.7 Å². The number of nitrogens with zero attached hydrogens (tertiary/aromatic N) is 4. The zero-order valence-electron chi connectivity index (χ0n) is 19.3. The molecule has 6 nitrogen and oxygen atoms in total. The average Bonchev–Trinajstić information content (AvgIpc) is 3.44. The molecule has 3 atom stereocenters. The van der Waals surface area contributed by atoms with Crippen molar-refractivity contribution < 1.29 is 22.3 Å². The molecule has 3 aliphatic rings. The number of likely N-dealkylation sites (N-methyl/N-ethyl adjacent to an activating group) is 1. The fraction of sp³-hybridized carbons (Fsp3) is 0.652. The summed E-state index contributed by atoms with van der Waals surface area (Å²) in [4.78, 5) is 12.9. The van der Waals surface area contributed by atoms with Gasteiger partial charge in [-0.3, -0.25) is 4.90 Å². The first kappa shape index (κ1) is 24.0. The Balaban J connectivity index is 1.56. The fourth-order valence-electron chi connectivity index (χ4n) is 5.25. The van der Waals surface area contributed by atoms with Crippen LogP contribution < -0.4 is 15.0 Å². The number of nitrogens with one attached hydrogen (secondary N) is 1. The molecule has 2 aliphatic heterocycles. The summed E-state index contributed by atoms with van der Waals surface area (Å²) >= 11 is 2.80. The van der Waals surface area contributed by atoms with Gasteiger partial charge in [0.05, 0.1) is 10.0 Å². The molecule has 1 spiro atoms. The Hall–Kier alpha value is -1.72. The quantitative estimate of drug-likeness (QED) is 0.567. The van der Waals surface area contributed by atoms with Crippen molar-refractivity contribution in [2.45, 2.75) is 57.4 Å². The Kier molecular flexibility index (Phi) is 5.96. The highest BCUT2D eigenvalue weighted by molar-refractivity contribution is 9.10. The van der Waals surface area contributed by atoms with Crippen LogP contribution in [0.4, 0.5) is 23.4 Å². The third-order valence-electron chi connectivity index (χ3n) is 7.41. The predicted octanol–water partition coefficient (Wildman–Crippen LogP) is 4.60. The molecule has 2 saturated heterocycles. The fourth-order valence-corrected chi connectivity index (χ4v) is 5.78. The van der Waals surface area contributed by atoms with Gasteiger partial charge >= 0.3 is 12.2 Å². The lowest BCUT2D eigenvalue weighted by Gasteiger charge is -2.39. The summed E-state index contributed by atoms with van der Waals surface area (Å²) in [5.41, 5.74) is -0.874. The van der Waals surface area contributed by atoms with Crippen LogP contribution in [-0.2, 0) is 6.18 Å². The number of anilines is 1. The molecule has 0 radical (unpaired) electrons. The van der Waals surface area contributed by atoms with E-state index in [1.807, 2.05) is 18.7 Å². The molecule has 3 fully saturated rings. The zero-order valence-corrected chi connectivity index (χ0v) is 20.9. The van der Waals surface area contributed by atoms with E-state index in [0.29, 0.717) is 25.1 Å². The van der Waals surface area contributed by atoms with E-state index in [1.165, 1.54) is 12.8 Å². The molecule has 34 heavy (non-hydrogen) atoms. The lowest BCUT2D eigenvalue weighted by molar-refractivity contribution is -0.138. The Morgan fingerprint density at radius 1 is 1.26 bits per heavy atom. The number of alkyl halides is 3. The average molecular weight is 546 g/mol. The molecule has 11 heteroatoms. The second-order valence-corrected chi connectivity index (χ2v) is 11.0. The maximum absolute atomic E-state index is 15.3. The first-order valence-corrected chi connectivity index (χ1v) is 12.4. The molecule has 1 aliphatic carbocycles. The molecule has 2 aromatic rings. The summed E-state index contributed by atoms with van der Waals surface area (Å²) in [6, 6.07) is 1.15. The number of hydrogen-bond acceptors (Lipinski definition) is 6. The number of piperazine rings is 1. The maximum atomic E-state index is 15.3. The summed E-state index contributed by atoms with van der Waals surface area (Å²) in [7, 11) is 2.06. The first-order valence-electron chi connectivity index (χ1n) is 11.6. The van der Waals surface area contributed by atoms with Gasteiger partial charge in [-0.1, -0.05) is 0 Å². The maximum Gasteiger partial charge on any atom is 0.417 e. The van der Waals surface area contributed by atoms with Crippen LogP contribution in [-0.4, -0.2) is 66.3 Å². The number of fused-ring (bicyclic) bond motifs is 1. The second-order valence-electron chi connectivity index (χ2n) is 10.2. The minimum atomic E-state index is -4.73. The highest BCUT2D eigenvalue weighted by Crippen LogP contribution is 2.54. The smallest absolute Gasteiger partial charge is 0.417 e. The molecule has 0 unspecified atom stereocenters. The van der Waals surface area contributed by atoms with Gasteiger partial charge in [0.1, 0.15) is 17.9 Å². The molecule has 0 bridgehead atoms. The minimum Gasteiger partial charge on any atom is -0.462 e. The van der Waals surface area contributed by atoms with Gasteiger partial charge in [-0.15, -0.1) is 0 Å². The van der Waals surface area contributed by atoms with Crippen LogP contribution >= 0.6 is 15.9 Å². The summed E-state index contributed by atoms with van der Waals surface area (Å²) < 4.78 is 61.5. The van der Waals surface area contributed by atoms with Crippen LogP contribution in [0, 0.1) is 11.2 Å². The van der Waals surface area contributed by atoms with Crippen LogP contribution in [0.1, 0.15) is 38.7 Å². The first-order chi connectivity index (χ1) is 16.0. The molecule has 1 aromatic heterocycles. The van der Waals surface area contributed by atoms with Crippen molar-refractivity contribution in [3.63, 3.8) is 0 Å². The van der Waals surface area contributed by atoms with Crippen molar-refractivity contribution in [2.24, 2.45) is 5.41 Å². The molecule has 186 valence electrons. The SMILES string of the molecule is C[C@@H]1CN(c2nc(OC[C@@H]3CC4(CC4)CN3C)nc3c(F)c(Br)c(C(F)(F)F)cc23)[C@@H](C)CN1. The monoisotopic (exact) mass is 545 g/mol. The standard InChI is InChI=1S/C23H28BrF4N5O/c1-12-9-33(13(2)8-29-12)20-15-6-16(23(26,27)28)17(24)18(25)19(15)30-21(31-20)34-10-14-7-22(4-5-22)11-32(14)3/h6,12-14,29H,4-5,7-11H2,1-3H3/t12-,13+,14+/m1/s1. The van der Waals surface area contributed by atoms with Crippen molar-refractivity contribution in [3.8, 4) is 6.01 Å². The van der Waals surface area contributed by atoms with E-state index in [0.717, 1.165) is 19.0 Å². The molecular weight excluding hydrogens is 518 g/mol. The third kappa shape index (κ3) is 4.35. The van der Waals surface area contributed by atoms with Crippen LogP contribution in [0.2, 0.25) is 0 Å². The van der Waals surface area contributed by atoms with Crippen LogP contribution in [0.3, 0.4) is 0 Å². The molecule has 3 heterocycles. The van der Waals surface area contributed by atoms with Gasteiger partial charge in [0.25, 0.3) is 0 Å². The minimum absolute atomic E-state index is 0.0170. The Labute approximate surface area is 204 Å². The van der Waals surface area contributed by atoms with E-state index in [9.17, 15) is 13.2 Å². The molecule has 0 amide bonds. The van der Waals surface area contributed by atoms with Gasteiger partial charge in [0, 0.05) is 43.1 Å². The largest absolute Gasteiger partial charge is 0.462 e. The number of halogens is 5. The molecule has 1 saturated carbocycles. The van der Waals surface area contributed by atoms with Gasteiger partial charge in [-0.2, -0.15) is 23.1 Å². The van der Waals surface area contributed by atoms with E-state index < -0.39 is 22.0 Å². The van der Waals surface area contributed by atoms with Gasteiger partial charge in [-0.05, 0) is 67.6 Å². The van der Waals surface area contributed by atoms with Gasteiger partial charge in [0.15, 0.2) is 5.82 Å². The Morgan fingerprint density at radius 3 is 2.65 bits per heavy atom. The number of hydrogen-bond donors (Lipinski definition) is 1. The molecular formula is C23H28BrF4N5O. The van der Waals surface area contributed by atoms with Crippen LogP contribution in [0.5, 0.6) is 6.01 Å². The number of aromatic nitrogens is 2. The summed E-state index contributed by atoms with van der Waals surface area (Å²) in [6.45, 7) is 6.46. The number of ether oxygens (including phenoxy) is 1. The van der Waals surface area contributed by atoms with Crippen molar-refractivity contribution in [1.82, 2.24) is 20.2 Å².